The van der Waals surface area contributed by atoms with Gasteiger partial charge in [-0.1, -0.05) is 48.6 Å². The zero-order valence-electron chi connectivity index (χ0n) is 13.0. The van der Waals surface area contributed by atoms with Crippen LogP contribution in [0.15, 0.2) is 75.8 Å². The summed E-state index contributed by atoms with van der Waals surface area (Å²) in [4.78, 5) is 10.3. The standard InChI is InChI=1S/C18H17N3O3/c22-21(23)17-12-11-16(24-17)18(15-9-5-2-6-10-15)20-19-13-14-7-3-1-4-8-14/h1,3-5,7-12,19H,2,6,13H2/b20-18+. The van der Waals surface area contributed by atoms with Gasteiger partial charge in [0.2, 0.25) is 0 Å². The zero-order valence-corrected chi connectivity index (χ0v) is 13.0. The molecule has 1 aliphatic carbocycles. The van der Waals surface area contributed by atoms with E-state index in [2.05, 4.69) is 22.7 Å². The molecule has 0 radical (unpaired) electrons. The number of hydrazone groups is 1. The second-order valence-electron chi connectivity index (χ2n) is 5.32. The van der Waals surface area contributed by atoms with Gasteiger partial charge in [0.05, 0.1) is 12.6 Å². The molecule has 1 aromatic carbocycles. The van der Waals surface area contributed by atoms with E-state index in [0.717, 1.165) is 24.0 Å². The first-order valence-corrected chi connectivity index (χ1v) is 7.70. The van der Waals surface area contributed by atoms with Gasteiger partial charge in [0.15, 0.2) is 5.76 Å². The monoisotopic (exact) mass is 323 g/mol. The lowest BCUT2D eigenvalue weighted by atomic mass is 10.0. The third-order valence-electron chi connectivity index (χ3n) is 3.59. The summed E-state index contributed by atoms with van der Waals surface area (Å²) in [7, 11) is 0. The summed E-state index contributed by atoms with van der Waals surface area (Å²) >= 11 is 0. The number of rotatable bonds is 6. The SMILES string of the molecule is O=[N+]([O-])c1ccc(/C(=N/NCc2ccccc2)C2=CCCC=C2)o1. The van der Waals surface area contributed by atoms with Gasteiger partial charge in [0, 0.05) is 5.57 Å². The summed E-state index contributed by atoms with van der Waals surface area (Å²) in [5.74, 6) is 0.0845. The van der Waals surface area contributed by atoms with Crippen LogP contribution in [0.3, 0.4) is 0 Å². The maximum Gasteiger partial charge on any atom is 0.433 e. The Kier molecular flexibility index (Phi) is 4.86. The van der Waals surface area contributed by atoms with Crippen LogP contribution in [-0.2, 0) is 6.54 Å². The molecule has 0 fully saturated rings. The van der Waals surface area contributed by atoms with Crippen molar-refractivity contribution in [1.82, 2.24) is 5.43 Å². The van der Waals surface area contributed by atoms with Crippen LogP contribution < -0.4 is 5.43 Å². The summed E-state index contributed by atoms with van der Waals surface area (Å²) < 4.78 is 5.32. The largest absolute Gasteiger partial charge is 0.433 e. The molecule has 0 aliphatic heterocycles. The van der Waals surface area contributed by atoms with E-state index >= 15 is 0 Å². The quantitative estimate of drug-likeness (QED) is 0.496. The van der Waals surface area contributed by atoms with Crippen molar-refractivity contribution in [2.45, 2.75) is 19.4 Å². The number of hydrogen-bond donors (Lipinski definition) is 1. The van der Waals surface area contributed by atoms with E-state index in [4.69, 9.17) is 4.42 Å². The minimum absolute atomic E-state index is 0.291. The average Bonchev–Trinajstić information content (AvgIpc) is 3.10. The van der Waals surface area contributed by atoms with Crippen LogP contribution >= 0.6 is 0 Å². The fourth-order valence-corrected chi connectivity index (χ4v) is 2.41. The highest BCUT2D eigenvalue weighted by Crippen LogP contribution is 2.21. The van der Waals surface area contributed by atoms with Crippen molar-refractivity contribution in [2.75, 3.05) is 0 Å². The van der Waals surface area contributed by atoms with Crippen LogP contribution in [0.2, 0.25) is 0 Å². The van der Waals surface area contributed by atoms with Crippen molar-refractivity contribution in [2.24, 2.45) is 5.10 Å². The topological polar surface area (TPSA) is 80.7 Å². The molecule has 1 heterocycles. The van der Waals surface area contributed by atoms with E-state index in [9.17, 15) is 10.1 Å². The zero-order chi connectivity index (χ0) is 16.8. The van der Waals surface area contributed by atoms with Gasteiger partial charge < -0.3 is 9.84 Å². The molecule has 6 heteroatoms. The van der Waals surface area contributed by atoms with E-state index < -0.39 is 4.92 Å². The van der Waals surface area contributed by atoms with Crippen molar-refractivity contribution in [3.8, 4) is 0 Å². The maximum atomic E-state index is 10.8. The van der Waals surface area contributed by atoms with Gasteiger partial charge >= 0.3 is 5.88 Å². The molecular formula is C18H17N3O3. The molecular weight excluding hydrogens is 306 g/mol. The van der Waals surface area contributed by atoms with Gasteiger partial charge in [0.1, 0.15) is 10.6 Å². The number of hydrogen-bond acceptors (Lipinski definition) is 5. The summed E-state index contributed by atoms with van der Waals surface area (Å²) in [5.41, 5.74) is 5.58. The number of furan rings is 1. The Bertz CT molecular complexity index is 804. The van der Waals surface area contributed by atoms with Crippen LogP contribution in [0.25, 0.3) is 0 Å². The van der Waals surface area contributed by atoms with Crippen molar-refractivity contribution in [3.05, 3.63) is 87.7 Å². The van der Waals surface area contributed by atoms with Crippen LogP contribution in [0.4, 0.5) is 5.88 Å². The van der Waals surface area contributed by atoms with Gasteiger partial charge in [0.25, 0.3) is 0 Å². The van der Waals surface area contributed by atoms with Crippen molar-refractivity contribution in [1.29, 1.82) is 0 Å². The maximum absolute atomic E-state index is 10.8. The molecule has 0 amide bonds. The second-order valence-corrected chi connectivity index (χ2v) is 5.32. The Balaban J connectivity index is 1.83. The molecule has 24 heavy (non-hydrogen) atoms. The lowest BCUT2D eigenvalue weighted by Crippen LogP contribution is -2.13. The van der Waals surface area contributed by atoms with E-state index in [1.165, 1.54) is 6.07 Å². The number of nitrogens with zero attached hydrogens (tertiary/aromatic N) is 2. The van der Waals surface area contributed by atoms with Gasteiger partial charge in [-0.25, -0.2) is 0 Å². The molecule has 3 rings (SSSR count). The number of allylic oxidation sites excluding steroid dienone is 4. The van der Waals surface area contributed by atoms with E-state index in [1.54, 1.807) is 6.07 Å². The normalized spacial score (nSPS) is 14.3. The van der Waals surface area contributed by atoms with E-state index in [1.807, 2.05) is 36.4 Å². The molecule has 0 saturated heterocycles. The number of nitro groups is 1. The number of benzene rings is 1. The van der Waals surface area contributed by atoms with Gasteiger partial charge in [-0.05, 0) is 24.5 Å². The second kappa shape index (κ2) is 7.41. The molecule has 6 nitrogen and oxygen atoms in total. The van der Waals surface area contributed by atoms with Crippen LogP contribution in [0.5, 0.6) is 0 Å². The van der Waals surface area contributed by atoms with Crippen LogP contribution in [0.1, 0.15) is 24.2 Å². The molecule has 1 N–H and O–H groups in total. The van der Waals surface area contributed by atoms with Crippen molar-refractivity contribution >= 4 is 11.6 Å². The van der Waals surface area contributed by atoms with Crippen molar-refractivity contribution in [3.63, 3.8) is 0 Å². The van der Waals surface area contributed by atoms with Crippen LogP contribution in [-0.4, -0.2) is 10.6 Å². The molecule has 0 atom stereocenters. The highest BCUT2D eigenvalue weighted by Gasteiger charge is 2.18. The minimum Gasteiger partial charge on any atom is -0.399 e. The highest BCUT2D eigenvalue weighted by atomic mass is 16.6. The Morgan fingerprint density at radius 2 is 2.04 bits per heavy atom. The predicted molar refractivity (Wildman–Crippen MR) is 91.6 cm³/mol. The molecule has 0 bridgehead atoms. The van der Waals surface area contributed by atoms with Crippen LogP contribution in [0, 0.1) is 10.1 Å². The Labute approximate surface area is 139 Å². The first-order valence-electron chi connectivity index (χ1n) is 7.70. The lowest BCUT2D eigenvalue weighted by Gasteiger charge is -2.09. The van der Waals surface area contributed by atoms with Crippen molar-refractivity contribution < 1.29 is 9.34 Å². The molecule has 0 saturated carbocycles. The fraction of sp³-hybridized carbons (Fsp3) is 0.167. The lowest BCUT2D eigenvalue weighted by molar-refractivity contribution is -0.402. The molecule has 0 spiro atoms. The summed E-state index contributed by atoms with van der Waals surface area (Å²) in [5, 5.41) is 15.3. The predicted octanol–water partition coefficient (Wildman–Crippen LogP) is 3.96. The third-order valence-corrected chi connectivity index (χ3v) is 3.59. The smallest absolute Gasteiger partial charge is 0.399 e. The van der Waals surface area contributed by atoms with E-state index in [-0.39, 0.29) is 5.88 Å². The Morgan fingerprint density at radius 3 is 2.71 bits per heavy atom. The third kappa shape index (κ3) is 3.78. The average molecular weight is 323 g/mol. The van der Waals surface area contributed by atoms with E-state index in [0.29, 0.717) is 18.0 Å². The summed E-state index contributed by atoms with van der Waals surface area (Å²) in [6.07, 6.45) is 7.95. The Morgan fingerprint density at radius 1 is 1.21 bits per heavy atom. The Hall–Kier alpha value is -3.15. The minimum atomic E-state index is -0.552. The van der Waals surface area contributed by atoms with Gasteiger partial charge in [-0.2, -0.15) is 5.10 Å². The molecule has 122 valence electrons. The van der Waals surface area contributed by atoms with Gasteiger partial charge in [-0.3, -0.25) is 10.1 Å². The molecule has 2 aromatic rings. The molecule has 0 unspecified atom stereocenters. The first kappa shape index (κ1) is 15.7. The fourth-order valence-electron chi connectivity index (χ4n) is 2.41. The summed E-state index contributed by atoms with van der Waals surface area (Å²) in [6.45, 7) is 0.560. The molecule has 1 aliphatic rings. The highest BCUT2D eigenvalue weighted by molar-refractivity contribution is 6.12. The van der Waals surface area contributed by atoms with Gasteiger partial charge in [-0.15, -0.1) is 0 Å². The summed E-state index contributed by atoms with van der Waals surface area (Å²) in [6, 6.07) is 12.8. The first-order chi connectivity index (χ1) is 11.7. The number of nitrogens with one attached hydrogen (secondary N) is 1. The molecule has 1 aromatic heterocycles.